The van der Waals surface area contributed by atoms with Crippen molar-refractivity contribution in [3.63, 3.8) is 0 Å². The van der Waals surface area contributed by atoms with Crippen LogP contribution in [0.4, 0.5) is 0 Å². The first-order chi connectivity index (χ1) is 13.8. The molecule has 0 unspecified atom stereocenters. The quantitative estimate of drug-likeness (QED) is 0.565. The van der Waals surface area contributed by atoms with E-state index in [0.717, 1.165) is 10.2 Å². The fourth-order valence-corrected chi connectivity index (χ4v) is 6.01. The third-order valence-electron chi connectivity index (χ3n) is 4.61. The molecule has 0 atom stereocenters. The normalized spacial score (nSPS) is 12.8. The number of halogens is 1. The van der Waals surface area contributed by atoms with Crippen molar-refractivity contribution in [3.05, 3.63) is 57.9 Å². The topological polar surface area (TPSA) is 71.7 Å². The van der Waals surface area contributed by atoms with Crippen LogP contribution in [0.2, 0.25) is 5.02 Å². The Balaban J connectivity index is 1.98. The highest BCUT2D eigenvalue weighted by Crippen LogP contribution is 2.25. The lowest BCUT2D eigenvalue weighted by Gasteiger charge is -2.18. The van der Waals surface area contributed by atoms with E-state index in [4.69, 9.17) is 11.6 Å². The zero-order valence-electron chi connectivity index (χ0n) is 16.4. The first kappa shape index (κ1) is 21.7. The van der Waals surface area contributed by atoms with E-state index in [1.807, 2.05) is 29.7 Å². The van der Waals surface area contributed by atoms with E-state index in [9.17, 15) is 13.2 Å². The van der Waals surface area contributed by atoms with Crippen molar-refractivity contribution in [1.29, 1.82) is 0 Å². The molecular weight excluding hydrogens is 430 g/mol. The molecule has 0 aliphatic heterocycles. The zero-order chi connectivity index (χ0) is 21.2. The lowest BCUT2D eigenvalue weighted by atomic mass is 10.2. The molecule has 0 radical (unpaired) electrons. The van der Waals surface area contributed by atoms with Gasteiger partial charge in [-0.3, -0.25) is 4.79 Å². The molecule has 2 aromatic carbocycles. The van der Waals surface area contributed by atoms with Gasteiger partial charge in [-0.1, -0.05) is 42.9 Å². The van der Waals surface area contributed by atoms with E-state index in [2.05, 4.69) is 4.99 Å². The van der Waals surface area contributed by atoms with E-state index >= 15 is 0 Å². The smallest absolute Gasteiger partial charge is 0.279 e. The molecule has 154 valence electrons. The molecule has 3 aromatic rings. The summed E-state index contributed by atoms with van der Waals surface area (Å²) in [6.45, 7) is 6.94. The molecule has 3 rings (SSSR count). The first-order valence-electron chi connectivity index (χ1n) is 9.30. The number of aryl methyl sites for hydroxylation is 1. The number of rotatable bonds is 6. The second-order valence-electron chi connectivity index (χ2n) is 6.25. The highest BCUT2D eigenvalue weighted by atomic mass is 35.5. The summed E-state index contributed by atoms with van der Waals surface area (Å²) in [7, 11) is -3.56. The number of carbonyl (C=O) groups is 1. The fraction of sp³-hybridized carbons (Fsp3) is 0.300. The molecule has 6 nitrogen and oxygen atoms in total. The molecule has 0 N–H and O–H groups in total. The summed E-state index contributed by atoms with van der Waals surface area (Å²) >= 11 is 7.71. The number of carbonyl (C=O) groups excluding carboxylic acids is 1. The highest BCUT2D eigenvalue weighted by molar-refractivity contribution is 7.89. The molecule has 0 spiro atoms. The Hall–Kier alpha value is -2.00. The number of hydrogen-bond donors (Lipinski definition) is 0. The van der Waals surface area contributed by atoms with Gasteiger partial charge >= 0.3 is 0 Å². The van der Waals surface area contributed by atoms with Crippen LogP contribution >= 0.6 is 22.9 Å². The Kier molecular flexibility index (Phi) is 6.58. The number of fused-ring (bicyclic) bond motifs is 1. The van der Waals surface area contributed by atoms with E-state index in [1.54, 1.807) is 13.8 Å². The van der Waals surface area contributed by atoms with E-state index in [0.29, 0.717) is 35.0 Å². The molecule has 0 aliphatic carbocycles. The summed E-state index contributed by atoms with van der Waals surface area (Å²) in [5, 5.41) is 0.612. The summed E-state index contributed by atoms with van der Waals surface area (Å²) < 4.78 is 29.4. The van der Waals surface area contributed by atoms with Crippen LogP contribution in [0.25, 0.3) is 10.2 Å². The van der Waals surface area contributed by atoms with Crippen LogP contribution in [0, 0.1) is 0 Å². The second kappa shape index (κ2) is 8.79. The number of benzene rings is 2. The minimum Gasteiger partial charge on any atom is -0.315 e. The van der Waals surface area contributed by atoms with Crippen molar-refractivity contribution in [1.82, 2.24) is 8.87 Å². The monoisotopic (exact) mass is 451 g/mol. The van der Waals surface area contributed by atoms with Crippen molar-refractivity contribution in [2.24, 2.45) is 4.99 Å². The van der Waals surface area contributed by atoms with Gasteiger partial charge in [-0.15, -0.1) is 0 Å². The standard InChI is InChI=1S/C20H22ClN3O3S2/c1-4-23(5-2)29(26,27)15-12-10-14(11-13-15)19(25)22-20-24(6-3)18-16(21)8-7-9-17(18)28-20/h7-13H,4-6H2,1-3H3. The Morgan fingerprint density at radius 1 is 1.10 bits per heavy atom. The van der Waals surface area contributed by atoms with Crippen molar-refractivity contribution >= 4 is 49.1 Å². The van der Waals surface area contributed by atoms with Gasteiger partial charge in [0, 0.05) is 25.2 Å². The van der Waals surface area contributed by atoms with E-state index < -0.39 is 15.9 Å². The number of aromatic nitrogens is 1. The first-order valence-corrected chi connectivity index (χ1v) is 11.9. The van der Waals surface area contributed by atoms with Crippen molar-refractivity contribution in [3.8, 4) is 0 Å². The number of thiazole rings is 1. The fourth-order valence-electron chi connectivity index (χ4n) is 3.10. The van der Waals surface area contributed by atoms with Crippen LogP contribution in [-0.2, 0) is 16.6 Å². The second-order valence-corrected chi connectivity index (χ2v) is 9.60. The summed E-state index contributed by atoms with van der Waals surface area (Å²) in [5.74, 6) is -0.429. The Morgan fingerprint density at radius 3 is 2.34 bits per heavy atom. The molecule has 0 saturated carbocycles. The third kappa shape index (κ3) is 4.16. The number of para-hydroxylation sites is 1. The molecule has 0 aliphatic rings. The predicted octanol–water partition coefficient (Wildman–Crippen LogP) is 4.15. The van der Waals surface area contributed by atoms with Gasteiger partial charge in [-0.05, 0) is 43.3 Å². The third-order valence-corrected chi connectivity index (χ3v) is 8.02. The zero-order valence-corrected chi connectivity index (χ0v) is 18.8. The minimum atomic E-state index is -3.56. The van der Waals surface area contributed by atoms with Crippen LogP contribution in [-0.4, -0.2) is 36.3 Å². The number of hydrogen-bond acceptors (Lipinski definition) is 4. The number of nitrogens with zero attached hydrogens (tertiary/aromatic N) is 3. The predicted molar refractivity (Wildman–Crippen MR) is 117 cm³/mol. The van der Waals surface area contributed by atoms with Crippen molar-refractivity contribution < 1.29 is 13.2 Å². The molecule has 29 heavy (non-hydrogen) atoms. The van der Waals surface area contributed by atoms with E-state index in [-0.39, 0.29) is 4.90 Å². The summed E-state index contributed by atoms with van der Waals surface area (Å²) in [4.78, 5) is 17.7. The summed E-state index contributed by atoms with van der Waals surface area (Å²) in [5.41, 5.74) is 1.18. The molecule has 1 heterocycles. The molecule has 1 aromatic heterocycles. The molecular formula is C20H22ClN3O3S2. The Labute approximate surface area is 179 Å². The van der Waals surface area contributed by atoms with Crippen LogP contribution in [0.15, 0.2) is 52.4 Å². The molecule has 1 amide bonds. The van der Waals surface area contributed by atoms with Gasteiger partial charge in [0.25, 0.3) is 5.91 Å². The average Bonchev–Trinajstić information content (AvgIpc) is 3.07. The lowest BCUT2D eigenvalue weighted by Crippen LogP contribution is -2.30. The minimum absolute atomic E-state index is 0.162. The van der Waals surface area contributed by atoms with Gasteiger partial charge in [-0.2, -0.15) is 9.30 Å². The van der Waals surface area contributed by atoms with Crippen LogP contribution in [0.5, 0.6) is 0 Å². The van der Waals surface area contributed by atoms with Gasteiger partial charge in [-0.25, -0.2) is 8.42 Å². The highest BCUT2D eigenvalue weighted by Gasteiger charge is 2.21. The maximum Gasteiger partial charge on any atom is 0.279 e. The average molecular weight is 452 g/mol. The SMILES string of the molecule is CCN(CC)S(=O)(=O)c1ccc(C(=O)N=c2sc3cccc(Cl)c3n2CC)cc1. The van der Waals surface area contributed by atoms with E-state index in [1.165, 1.54) is 39.9 Å². The molecule has 0 saturated heterocycles. The molecule has 0 bridgehead atoms. The maximum absolute atomic E-state index is 12.7. The summed E-state index contributed by atoms with van der Waals surface area (Å²) in [6, 6.07) is 11.5. The largest absolute Gasteiger partial charge is 0.315 e. The van der Waals surface area contributed by atoms with Gasteiger partial charge in [0.05, 0.1) is 20.1 Å². The number of sulfonamides is 1. The van der Waals surface area contributed by atoms with Crippen LogP contribution in [0.1, 0.15) is 31.1 Å². The van der Waals surface area contributed by atoms with Gasteiger partial charge in [0.1, 0.15) is 0 Å². The van der Waals surface area contributed by atoms with Crippen LogP contribution in [0.3, 0.4) is 0 Å². The number of amides is 1. The van der Waals surface area contributed by atoms with Gasteiger partial charge in [0.2, 0.25) is 10.0 Å². The van der Waals surface area contributed by atoms with Gasteiger partial charge < -0.3 is 4.57 Å². The van der Waals surface area contributed by atoms with Crippen molar-refractivity contribution in [2.75, 3.05) is 13.1 Å². The molecule has 9 heteroatoms. The lowest BCUT2D eigenvalue weighted by molar-refractivity contribution is 0.0997. The molecule has 0 fully saturated rings. The van der Waals surface area contributed by atoms with Crippen molar-refractivity contribution in [2.45, 2.75) is 32.2 Å². The summed E-state index contributed by atoms with van der Waals surface area (Å²) in [6.07, 6.45) is 0. The maximum atomic E-state index is 12.7. The Bertz CT molecular complexity index is 1210. The van der Waals surface area contributed by atoms with Gasteiger partial charge in [0.15, 0.2) is 4.80 Å². The van der Waals surface area contributed by atoms with Crippen LogP contribution < -0.4 is 4.80 Å². The Morgan fingerprint density at radius 2 is 1.76 bits per heavy atom.